The highest BCUT2D eigenvalue weighted by Crippen LogP contribution is 2.37. The largest absolute Gasteiger partial charge is 0.493 e. The molecular formula is C35H26N4O4S. The second-order valence-electron chi connectivity index (χ2n) is 9.95. The lowest BCUT2D eigenvalue weighted by Gasteiger charge is -2.09. The maximum Gasteiger partial charge on any atom is 0.333 e. The van der Waals surface area contributed by atoms with E-state index in [9.17, 15) is 18.3 Å². The molecule has 9 heteroatoms. The average Bonchev–Trinajstić information content (AvgIpc) is 3.33. The maximum absolute atomic E-state index is 12.8. The van der Waals surface area contributed by atoms with Crippen molar-refractivity contribution in [2.45, 2.75) is 6.54 Å². The first kappa shape index (κ1) is 28.3. The van der Waals surface area contributed by atoms with Gasteiger partial charge in [-0.05, 0) is 57.6 Å². The maximum atomic E-state index is 12.8. The summed E-state index contributed by atoms with van der Waals surface area (Å²) in [6.45, 7) is 0.408. The topological polar surface area (TPSA) is 113 Å². The Morgan fingerprint density at radius 2 is 1.36 bits per heavy atom. The molecule has 44 heavy (non-hydrogen) atoms. The molecule has 6 aromatic rings. The number of rotatable bonds is 8. The van der Waals surface area contributed by atoms with E-state index in [0.717, 1.165) is 21.4 Å². The second-order valence-corrected chi connectivity index (χ2v) is 10.5. The number of carbonyl (C=O) groups excluding carboxylic acids is 1. The van der Waals surface area contributed by atoms with Gasteiger partial charge in [0.2, 0.25) is 5.88 Å². The van der Waals surface area contributed by atoms with E-state index >= 15 is 0 Å². The zero-order chi connectivity index (χ0) is 30.5. The molecule has 0 aliphatic carbocycles. The number of amides is 1. The van der Waals surface area contributed by atoms with Gasteiger partial charge in [0.25, 0.3) is 5.91 Å². The predicted molar refractivity (Wildman–Crippen MR) is 172 cm³/mol. The van der Waals surface area contributed by atoms with Crippen LogP contribution >= 0.6 is 0 Å². The van der Waals surface area contributed by atoms with E-state index in [1.807, 2.05) is 103 Å². The Labute approximate surface area is 255 Å². The Hall–Kier alpha value is -5.80. The van der Waals surface area contributed by atoms with Gasteiger partial charge in [0.1, 0.15) is 0 Å². The summed E-state index contributed by atoms with van der Waals surface area (Å²) in [7, 11) is -2.83. The minimum atomic E-state index is -2.83. The molecule has 1 amide bonds. The molecule has 0 spiro atoms. The average molecular weight is 599 g/mol. The van der Waals surface area contributed by atoms with Crippen LogP contribution < -0.4 is 5.32 Å². The van der Waals surface area contributed by atoms with E-state index in [1.165, 1.54) is 0 Å². The van der Waals surface area contributed by atoms with Crippen LogP contribution in [0, 0.1) is 0 Å². The zero-order valence-corrected chi connectivity index (χ0v) is 24.1. The van der Waals surface area contributed by atoms with Crippen molar-refractivity contribution in [2.24, 2.45) is 9.46 Å². The minimum absolute atomic E-state index is 0.214. The quantitative estimate of drug-likeness (QED) is 0.185. The van der Waals surface area contributed by atoms with Gasteiger partial charge in [-0.25, -0.2) is 4.99 Å². The summed E-state index contributed by atoms with van der Waals surface area (Å²) in [5.74, 6) is -0.581. The summed E-state index contributed by atoms with van der Waals surface area (Å²) in [5.41, 5.74) is 5.66. The predicted octanol–water partition coefficient (Wildman–Crippen LogP) is 6.94. The van der Waals surface area contributed by atoms with Gasteiger partial charge in [-0.15, -0.1) is 0 Å². The minimum Gasteiger partial charge on any atom is -0.493 e. The number of hydrogen-bond acceptors (Lipinski definition) is 6. The Morgan fingerprint density at radius 3 is 2.02 bits per heavy atom. The number of benzene rings is 5. The smallest absolute Gasteiger partial charge is 0.333 e. The van der Waals surface area contributed by atoms with Crippen molar-refractivity contribution in [1.29, 1.82) is 0 Å². The number of fused-ring (bicyclic) bond motifs is 1. The Morgan fingerprint density at radius 1 is 0.727 bits per heavy atom. The van der Waals surface area contributed by atoms with Crippen LogP contribution in [-0.4, -0.2) is 29.8 Å². The van der Waals surface area contributed by atoms with Crippen molar-refractivity contribution < 1.29 is 18.3 Å². The van der Waals surface area contributed by atoms with Gasteiger partial charge in [0.05, 0.1) is 22.5 Å². The van der Waals surface area contributed by atoms with Crippen molar-refractivity contribution in [3.8, 4) is 17.0 Å². The summed E-state index contributed by atoms with van der Waals surface area (Å²) < 4.78 is 27.9. The van der Waals surface area contributed by atoms with Gasteiger partial charge >= 0.3 is 10.5 Å². The van der Waals surface area contributed by atoms with E-state index in [-0.39, 0.29) is 11.8 Å². The lowest BCUT2D eigenvalue weighted by molar-refractivity contribution is 0.0951. The molecule has 0 fully saturated rings. The highest BCUT2D eigenvalue weighted by atomic mass is 32.2. The van der Waals surface area contributed by atoms with E-state index in [0.29, 0.717) is 45.5 Å². The van der Waals surface area contributed by atoms with Gasteiger partial charge in [-0.1, -0.05) is 97.1 Å². The third-order valence-corrected chi connectivity index (χ3v) is 7.42. The summed E-state index contributed by atoms with van der Waals surface area (Å²) in [6, 6.07) is 41.0. The van der Waals surface area contributed by atoms with Crippen molar-refractivity contribution in [1.82, 2.24) is 9.99 Å². The number of hydrogen-bond donors (Lipinski definition) is 2. The van der Waals surface area contributed by atoms with Crippen molar-refractivity contribution in [2.75, 3.05) is 0 Å². The molecule has 5 aromatic carbocycles. The molecule has 0 saturated heterocycles. The monoisotopic (exact) mass is 598 g/mol. The third kappa shape index (κ3) is 6.04. The van der Waals surface area contributed by atoms with Crippen LogP contribution in [0.5, 0.6) is 5.88 Å². The lowest BCUT2D eigenvalue weighted by Crippen LogP contribution is -2.22. The zero-order valence-electron chi connectivity index (χ0n) is 23.3. The fraction of sp³-hybridized carbons (Fsp3) is 0.0286. The van der Waals surface area contributed by atoms with Gasteiger partial charge in [-0.3, -0.25) is 4.79 Å². The molecule has 0 aliphatic heterocycles. The van der Waals surface area contributed by atoms with Crippen LogP contribution in [0.3, 0.4) is 0 Å². The standard InChI is InChI=1S/C35H26N4O4S/c40-34(36-23-24-10-4-1-5-11-24)27-16-19-29(20-17-27)37-33(26-14-8-3-9-15-26)32-30-22-28(25-12-6-2-7-13-25)18-21-31(30)39(35(32)41)38-44(42)43/h1-22,41H,23H2,(H,36,40). The number of aromatic hydroxyl groups is 1. The molecule has 216 valence electrons. The normalized spacial score (nSPS) is 11.3. The van der Waals surface area contributed by atoms with Crippen LogP contribution in [0.2, 0.25) is 0 Å². The molecular weight excluding hydrogens is 572 g/mol. The van der Waals surface area contributed by atoms with Crippen LogP contribution in [-0.2, 0) is 17.0 Å². The molecule has 0 unspecified atom stereocenters. The molecule has 6 rings (SSSR count). The number of carbonyl (C=O) groups is 1. The first-order valence-corrected chi connectivity index (χ1v) is 14.8. The fourth-order valence-corrected chi connectivity index (χ4v) is 5.31. The molecule has 0 atom stereocenters. The summed E-state index contributed by atoms with van der Waals surface area (Å²) in [4.78, 5) is 17.7. The third-order valence-electron chi connectivity index (χ3n) is 7.12. The Balaban J connectivity index is 1.45. The molecule has 2 N–H and O–H groups in total. The van der Waals surface area contributed by atoms with Crippen molar-refractivity contribution >= 4 is 38.7 Å². The molecule has 1 aromatic heterocycles. The second kappa shape index (κ2) is 12.6. The SMILES string of the molecule is O=C(NCc1ccccc1)c1ccc(N=C(c2ccccc2)c2c(O)n(N=S(=O)=O)c3ccc(-c4ccccc4)cc23)cc1. The van der Waals surface area contributed by atoms with Gasteiger partial charge in [0, 0.05) is 23.1 Å². The first-order valence-electron chi connectivity index (χ1n) is 13.8. The number of nitrogens with zero attached hydrogens (tertiary/aromatic N) is 3. The Kier molecular flexibility index (Phi) is 8.11. The summed E-state index contributed by atoms with van der Waals surface area (Å²) in [5, 5.41) is 15.0. The first-order chi connectivity index (χ1) is 21.5. The summed E-state index contributed by atoms with van der Waals surface area (Å²) in [6.07, 6.45) is 0. The van der Waals surface area contributed by atoms with E-state index in [4.69, 9.17) is 4.99 Å². The molecule has 0 aliphatic rings. The lowest BCUT2D eigenvalue weighted by atomic mass is 9.98. The van der Waals surface area contributed by atoms with E-state index < -0.39 is 10.5 Å². The number of aliphatic imine (C=N–C) groups is 1. The van der Waals surface area contributed by atoms with Crippen LogP contribution in [0.25, 0.3) is 22.0 Å². The summed E-state index contributed by atoms with van der Waals surface area (Å²) >= 11 is 0. The number of aromatic nitrogens is 1. The number of nitrogens with one attached hydrogen (secondary N) is 1. The molecule has 0 saturated carbocycles. The highest BCUT2D eigenvalue weighted by molar-refractivity contribution is 7.61. The molecule has 0 radical (unpaired) electrons. The Bertz CT molecular complexity index is 2120. The highest BCUT2D eigenvalue weighted by Gasteiger charge is 2.23. The molecule has 1 heterocycles. The van der Waals surface area contributed by atoms with Gasteiger partial charge in [0.15, 0.2) is 0 Å². The van der Waals surface area contributed by atoms with Gasteiger partial charge in [-0.2, -0.15) is 13.1 Å². The van der Waals surface area contributed by atoms with Gasteiger partial charge < -0.3 is 10.4 Å². The van der Waals surface area contributed by atoms with Crippen molar-refractivity contribution in [3.05, 3.63) is 156 Å². The molecule has 0 bridgehead atoms. The fourth-order valence-electron chi connectivity index (χ4n) is 5.01. The van der Waals surface area contributed by atoms with E-state index in [1.54, 1.807) is 30.3 Å². The molecule has 8 nitrogen and oxygen atoms in total. The van der Waals surface area contributed by atoms with Crippen LogP contribution in [0.4, 0.5) is 5.69 Å². The van der Waals surface area contributed by atoms with Crippen LogP contribution in [0.1, 0.15) is 27.0 Å². The van der Waals surface area contributed by atoms with Crippen molar-refractivity contribution in [3.63, 3.8) is 0 Å². The van der Waals surface area contributed by atoms with E-state index in [2.05, 4.69) is 9.79 Å². The van der Waals surface area contributed by atoms with Crippen LogP contribution in [0.15, 0.2) is 143 Å².